The van der Waals surface area contributed by atoms with Crippen LogP contribution in [0.1, 0.15) is 24.0 Å². The van der Waals surface area contributed by atoms with Crippen molar-refractivity contribution < 1.29 is 4.74 Å². The van der Waals surface area contributed by atoms with Crippen molar-refractivity contribution in [3.63, 3.8) is 0 Å². The maximum absolute atomic E-state index is 5.55. The van der Waals surface area contributed by atoms with Gasteiger partial charge in [0.25, 0.3) is 0 Å². The van der Waals surface area contributed by atoms with Crippen LogP contribution in [0.15, 0.2) is 55.4 Å². The Morgan fingerprint density at radius 1 is 1.19 bits per heavy atom. The summed E-state index contributed by atoms with van der Waals surface area (Å²) in [5.74, 6) is 1.61. The van der Waals surface area contributed by atoms with E-state index in [4.69, 9.17) is 4.74 Å². The molecular weight excluding hydrogens is 338 g/mol. The van der Waals surface area contributed by atoms with Gasteiger partial charge >= 0.3 is 0 Å². The molecule has 0 aliphatic carbocycles. The number of benzene rings is 1. The molecule has 27 heavy (non-hydrogen) atoms. The summed E-state index contributed by atoms with van der Waals surface area (Å²) in [4.78, 5) is 6.74. The summed E-state index contributed by atoms with van der Waals surface area (Å²) in [5.41, 5.74) is 2.51. The lowest BCUT2D eigenvalue weighted by Gasteiger charge is -2.33. The van der Waals surface area contributed by atoms with Crippen molar-refractivity contribution in [1.29, 1.82) is 0 Å². The van der Waals surface area contributed by atoms with Crippen LogP contribution < -0.4 is 4.74 Å². The molecule has 0 spiro atoms. The molecule has 0 saturated carbocycles. The number of imidazole rings is 1. The molecule has 0 radical (unpaired) electrons. The standard InChI is InChI=1S/C21H27N5O/c1-27-21-6-5-18(12-20(21)16-26-10-3-7-23-26)13-24-9-2-4-19(14-24)15-25-11-8-22-17-25/h3,5-8,10-12,17,19H,2,4,9,13-16H2,1H3/t19-/m0/s1. The molecule has 2 aromatic heterocycles. The first kappa shape index (κ1) is 17.8. The first-order valence-corrected chi connectivity index (χ1v) is 9.61. The van der Waals surface area contributed by atoms with Crippen LogP contribution in [-0.2, 0) is 19.6 Å². The van der Waals surface area contributed by atoms with E-state index in [1.807, 2.05) is 35.7 Å². The third-order valence-electron chi connectivity index (χ3n) is 5.27. The van der Waals surface area contributed by atoms with Gasteiger partial charge in [0.05, 0.1) is 20.0 Å². The fraction of sp³-hybridized carbons (Fsp3) is 0.429. The van der Waals surface area contributed by atoms with Gasteiger partial charge in [0.2, 0.25) is 0 Å². The largest absolute Gasteiger partial charge is 0.496 e. The fourth-order valence-corrected chi connectivity index (χ4v) is 4.02. The van der Waals surface area contributed by atoms with Crippen molar-refractivity contribution in [3.05, 3.63) is 66.5 Å². The lowest BCUT2D eigenvalue weighted by molar-refractivity contribution is 0.156. The number of rotatable bonds is 7. The maximum atomic E-state index is 5.55. The van der Waals surface area contributed by atoms with E-state index in [1.165, 1.54) is 30.5 Å². The van der Waals surface area contributed by atoms with Crippen LogP contribution in [0.2, 0.25) is 0 Å². The Morgan fingerprint density at radius 3 is 2.93 bits per heavy atom. The third-order valence-corrected chi connectivity index (χ3v) is 5.27. The molecule has 1 fully saturated rings. The van der Waals surface area contributed by atoms with Crippen molar-refractivity contribution in [3.8, 4) is 5.75 Å². The highest BCUT2D eigenvalue weighted by atomic mass is 16.5. The van der Waals surface area contributed by atoms with Gasteiger partial charge in [-0.25, -0.2) is 4.98 Å². The Balaban J connectivity index is 1.42. The number of hydrogen-bond donors (Lipinski definition) is 0. The van der Waals surface area contributed by atoms with E-state index in [2.05, 4.69) is 43.9 Å². The predicted molar refractivity (Wildman–Crippen MR) is 105 cm³/mol. The summed E-state index contributed by atoms with van der Waals surface area (Å²) in [6.07, 6.45) is 12.2. The van der Waals surface area contributed by atoms with Gasteiger partial charge in [0.1, 0.15) is 5.75 Å². The topological polar surface area (TPSA) is 48.1 Å². The Hall–Kier alpha value is -2.60. The number of aromatic nitrogens is 4. The Kier molecular flexibility index (Phi) is 5.53. The second-order valence-electron chi connectivity index (χ2n) is 7.35. The van der Waals surface area contributed by atoms with Crippen molar-refractivity contribution in [2.45, 2.75) is 32.5 Å². The Bertz CT molecular complexity index is 828. The highest BCUT2D eigenvalue weighted by Crippen LogP contribution is 2.24. The minimum Gasteiger partial charge on any atom is -0.496 e. The lowest BCUT2D eigenvalue weighted by atomic mass is 9.97. The molecule has 1 aliphatic rings. The second-order valence-corrected chi connectivity index (χ2v) is 7.35. The summed E-state index contributed by atoms with van der Waals surface area (Å²) in [5, 5.41) is 4.32. The molecule has 1 saturated heterocycles. The first-order valence-electron chi connectivity index (χ1n) is 9.61. The van der Waals surface area contributed by atoms with Crippen LogP contribution in [0.4, 0.5) is 0 Å². The Morgan fingerprint density at radius 2 is 2.15 bits per heavy atom. The van der Waals surface area contributed by atoms with Crippen LogP contribution >= 0.6 is 0 Å². The van der Waals surface area contributed by atoms with Crippen LogP contribution in [0, 0.1) is 5.92 Å². The fourth-order valence-electron chi connectivity index (χ4n) is 4.02. The summed E-state index contributed by atoms with van der Waals surface area (Å²) < 4.78 is 9.68. The molecule has 4 rings (SSSR count). The van der Waals surface area contributed by atoms with Gasteiger partial charge in [-0.2, -0.15) is 5.10 Å². The molecule has 6 nitrogen and oxygen atoms in total. The molecule has 1 aromatic carbocycles. The molecule has 6 heteroatoms. The smallest absolute Gasteiger partial charge is 0.123 e. The number of piperidine rings is 1. The average Bonchev–Trinajstić information content (AvgIpc) is 3.37. The number of likely N-dealkylation sites (tertiary alicyclic amines) is 1. The van der Waals surface area contributed by atoms with Crippen LogP contribution in [0.25, 0.3) is 0 Å². The molecule has 0 unspecified atom stereocenters. The molecule has 1 aliphatic heterocycles. The van der Waals surface area contributed by atoms with Gasteiger partial charge in [-0.1, -0.05) is 6.07 Å². The molecule has 0 bridgehead atoms. The minimum atomic E-state index is 0.690. The number of hydrogen-bond acceptors (Lipinski definition) is 4. The molecule has 0 amide bonds. The van der Waals surface area contributed by atoms with Crippen molar-refractivity contribution in [1.82, 2.24) is 24.2 Å². The number of ether oxygens (including phenoxy) is 1. The summed E-state index contributed by atoms with van der Waals surface area (Å²) in [6.45, 7) is 5.08. The Labute approximate surface area is 160 Å². The molecule has 142 valence electrons. The molecule has 1 atom stereocenters. The van der Waals surface area contributed by atoms with E-state index in [9.17, 15) is 0 Å². The van der Waals surface area contributed by atoms with E-state index in [-0.39, 0.29) is 0 Å². The predicted octanol–water partition coefficient (Wildman–Crippen LogP) is 3.05. The van der Waals surface area contributed by atoms with Gasteiger partial charge in [-0.3, -0.25) is 9.58 Å². The van der Waals surface area contributed by atoms with Crippen molar-refractivity contribution >= 4 is 0 Å². The van der Waals surface area contributed by atoms with Crippen LogP contribution in [0.3, 0.4) is 0 Å². The SMILES string of the molecule is COc1ccc(CN2CCC[C@H](Cn3ccnc3)C2)cc1Cn1cccn1. The lowest BCUT2D eigenvalue weighted by Crippen LogP contribution is -2.36. The van der Waals surface area contributed by atoms with Crippen LogP contribution in [0.5, 0.6) is 5.75 Å². The number of methoxy groups -OCH3 is 1. The van der Waals surface area contributed by atoms with E-state index in [1.54, 1.807) is 7.11 Å². The van der Waals surface area contributed by atoms with Gasteiger partial charge in [0.15, 0.2) is 0 Å². The van der Waals surface area contributed by atoms with Gasteiger partial charge in [-0.05, 0) is 49.1 Å². The maximum Gasteiger partial charge on any atom is 0.123 e. The zero-order valence-electron chi connectivity index (χ0n) is 15.9. The van der Waals surface area contributed by atoms with Crippen molar-refractivity contribution in [2.75, 3.05) is 20.2 Å². The van der Waals surface area contributed by atoms with Crippen molar-refractivity contribution in [2.24, 2.45) is 5.92 Å². The molecule has 3 heterocycles. The molecular formula is C21H27N5O. The van der Waals surface area contributed by atoms with Gasteiger partial charge in [-0.15, -0.1) is 0 Å². The van der Waals surface area contributed by atoms with Crippen LogP contribution in [-0.4, -0.2) is 44.4 Å². The highest BCUT2D eigenvalue weighted by Gasteiger charge is 2.20. The normalized spacial score (nSPS) is 17.9. The second kappa shape index (κ2) is 8.39. The first-order chi connectivity index (χ1) is 13.3. The highest BCUT2D eigenvalue weighted by molar-refractivity contribution is 5.37. The van der Waals surface area contributed by atoms with E-state index >= 15 is 0 Å². The summed E-state index contributed by atoms with van der Waals surface area (Å²) in [6, 6.07) is 8.48. The minimum absolute atomic E-state index is 0.690. The average molecular weight is 365 g/mol. The van der Waals surface area contributed by atoms with E-state index in [0.29, 0.717) is 5.92 Å². The zero-order chi connectivity index (χ0) is 18.5. The van der Waals surface area contributed by atoms with Gasteiger partial charge < -0.3 is 9.30 Å². The number of nitrogens with zero attached hydrogens (tertiary/aromatic N) is 5. The summed E-state index contributed by atoms with van der Waals surface area (Å²) >= 11 is 0. The van der Waals surface area contributed by atoms with E-state index in [0.717, 1.165) is 31.9 Å². The summed E-state index contributed by atoms with van der Waals surface area (Å²) in [7, 11) is 1.73. The third kappa shape index (κ3) is 4.57. The quantitative estimate of drug-likeness (QED) is 0.646. The molecule has 0 N–H and O–H groups in total. The van der Waals surface area contributed by atoms with Gasteiger partial charge in [0, 0.05) is 50.0 Å². The molecule has 3 aromatic rings. The monoisotopic (exact) mass is 365 g/mol. The zero-order valence-corrected chi connectivity index (χ0v) is 15.9. The van der Waals surface area contributed by atoms with E-state index < -0.39 is 0 Å².